The fraction of sp³-hybridized carbons (Fsp3) is 0.0952. The van der Waals surface area contributed by atoms with Crippen LogP contribution in [0, 0.1) is 30.3 Å². The molecule has 0 spiro atoms. The molecule has 1 heterocycles. The molecular formula is C21H15N4O6+. The largest absolute Gasteiger partial charge is 0.276 e. The maximum Gasteiger partial charge on any atom is 0.276 e. The lowest BCUT2D eigenvalue weighted by atomic mass is 9.98. The standard InChI is InChI=1S/C21H15N4O6/c1-2-22-20-12-16(25(30)31)8-10-18(20)17-9-7-15(24(28)29)11-19(17)21(22)13-3-5-14(6-4-13)23(26)27/h3-12H,2H2,1H3/q+1. The summed E-state index contributed by atoms with van der Waals surface area (Å²) in [6.45, 7) is 2.28. The molecule has 0 unspecified atom stereocenters. The van der Waals surface area contributed by atoms with E-state index in [1.54, 1.807) is 24.3 Å². The Bertz CT molecular complexity index is 1400. The normalized spacial score (nSPS) is 11.0. The lowest BCUT2D eigenvalue weighted by Crippen LogP contribution is -2.36. The van der Waals surface area contributed by atoms with Crippen molar-refractivity contribution in [1.82, 2.24) is 0 Å². The van der Waals surface area contributed by atoms with Crippen LogP contribution in [0.5, 0.6) is 0 Å². The molecule has 0 fully saturated rings. The van der Waals surface area contributed by atoms with Crippen molar-refractivity contribution in [2.45, 2.75) is 13.5 Å². The Morgan fingerprint density at radius 1 is 0.677 bits per heavy atom. The first-order chi connectivity index (χ1) is 14.8. The lowest BCUT2D eigenvalue weighted by Gasteiger charge is -2.11. The van der Waals surface area contributed by atoms with Gasteiger partial charge in [0.2, 0.25) is 11.2 Å². The van der Waals surface area contributed by atoms with Gasteiger partial charge in [0.15, 0.2) is 0 Å². The number of benzene rings is 3. The van der Waals surface area contributed by atoms with Crippen LogP contribution in [0.25, 0.3) is 32.9 Å². The predicted molar refractivity (Wildman–Crippen MR) is 113 cm³/mol. The quantitative estimate of drug-likeness (QED) is 0.199. The zero-order valence-electron chi connectivity index (χ0n) is 16.2. The van der Waals surface area contributed by atoms with Crippen LogP contribution in [-0.4, -0.2) is 14.8 Å². The summed E-state index contributed by atoms with van der Waals surface area (Å²) < 4.78 is 1.83. The Balaban J connectivity index is 2.17. The second-order valence-corrected chi connectivity index (χ2v) is 6.84. The number of fused-ring (bicyclic) bond motifs is 3. The van der Waals surface area contributed by atoms with E-state index in [1.165, 1.54) is 36.4 Å². The van der Waals surface area contributed by atoms with Crippen molar-refractivity contribution in [3.8, 4) is 11.3 Å². The fourth-order valence-electron chi connectivity index (χ4n) is 3.81. The third-order valence-electron chi connectivity index (χ3n) is 5.18. The second-order valence-electron chi connectivity index (χ2n) is 6.84. The van der Waals surface area contributed by atoms with Crippen molar-refractivity contribution in [1.29, 1.82) is 0 Å². The van der Waals surface area contributed by atoms with Crippen molar-refractivity contribution in [3.05, 3.63) is 91.0 Å². The molecule has 154 valence electrons. The number of hydrogen-bond donors (Lipinski definition) is 0. The van der Waals surface area contributed by atoms with Crippen LogP contribution >= 0.6 is 0 Å². The van der Waals surface area contributed by atoms with Crippen molar-refractivity contribution >= 4 is 38.7 Å². The molecule has 10 nitrogen and oxygen atoms in total. The number of aryl methyl sites for hydroxylation is 1. The SMILES string of the molecule is CC[n+]1c(-c2ccc([N+](=O)[O-])cc2)c2cc([N+](=O)[O-])ccc2c2ccc([N+](=O)[O-])cc21. The third-order valence-corrected chi connectivity index (χ3v) is 5.18. The molecule has 0 amide bonds. The van der Waals surface area contributed by atoms with Crippen LogP contribution in [0.1, 0.15) is 6.92 Å². The van der Waals surface area contributed by atoms with E-state index in [1.807, 2.05) is 11.5 Å². The average molecular weight is 419 g/mol. The van der Waals surface area contributed by atoms with E-state index in [0.29, 0.717) is 39.5 Å². The summed E-state index contributed by atoms with van der Waals surface area (Å²) in [5.74, 6) is 0. The number of rotatable bonds is 5. The minimum absolute atomic E-state index is 0.0781. The molecule has 0 aliphatic heterocycles. The summed E-state index contributed by atoms with van der Waals surface area (Å²) in [5.41, 5.74) is 1.52. The molecule has 0 atom stereocenters. The molecule has 0 aliphatic carbocycles. The van der Waals surface area contributed by atoms with E-state index < -0.39 is 14.8 Å². The Morgan fingerprint density at radius 2 is 1.19 bits per heavy atom. The summed E-state index contributed by atoms with van der Waals surface area (Å²) in [5, 5.41) is 35.8. The maximum atomic E-state index is 11.4. The molecule has 1 aromatic heterocycles. The van der Waals surface area contributed by atoms with Gasteiger partial charge >= 0.3 is 0 Å². The van der Waals surface area contributed by atoms with Gasteiger partial charge in [0.05, 0.1) is 31.6 Å². The van der Waals surface area contributed by atoms with Gasteiger partial charge in [-0.15, -0.1) is 0 Å². The Kier molecular flexibility index (Phi) is 4.74. The van der Waals surface area contributed by atoms with Crippen molar-refractivity contribution in [2.75, 3.05) is 0 Å². The fourth-order valence-corrected chi connectivity index (χ4v) is 3.81. The molecular weight excluding hydrogens is 404 g/mol. The van der Waals surface area contributed by atoms with Gasteiger partial charge in [-0.25, -0.2) is 0 Å². The van der Waals surface area contributed by atoms with E-state index in [9.17, 15) is 30.3 Å². The third kappa shape index (κ3) is 3.29. The highest BCUT2D eigenvalue weighted by Crippen LogP contribution is 2.35. The number of pyridine rings is 1. The Morgan fingerprint density at radius 3 is 1.74 bits per heavy atom. The van der Waals surface area contributed by atoms with Crippen molar-refractivity contribution < 1.29 is 19.3 Å². The highest BCUT2D eigenvalue weighted by molar-refractivity contribution is 6.09. The van der Waals surface area contributed by atoms with Gasteiger partial charge in [-0.3, -0.25) is 30.3 Å². The molecule has 0 aliphatic rings. The van der Waals surface area contributed by atoms with Gasteiger partial charge in [0.1, 0.15) is 6.54 Å². The molecule has 0 N–H and O–H groups in total. The van der Waals surface area contributed by atoms with Gasteiger partial charge in [-0.2, -0.15) is 4.57 Å². The number of nitro benzene ring substituents is 3. The molecule has 4 aromatic rings. The van der Waals surface area contributed by atoms with Crippen LogP contribution in [0.15, 0.2) is 60.7 Å². The summed E-state index contributed by atoms with van der Waals surface area (Å²) >= 11 is 0. The van der Waals surface area contributed by atoms with Crippen LogP contribution in [-0.2, 0) is 6.54 Å². The molecule has 4 rings (SSSR count). The Hall–Kier alpha value is -4.47. The highest BCUT2D eigenvalue weighted by Gasteiger charge is 2.26. The zero-order chi connectivity index (χ0) is 22.3. The minimum atomic E-state index is -0.510. The van der Waals surface area contributed by atoms with Gasteiger partial charge in [0, 0.05) is 41.3 Å². The second kappa shape index (κ2) is 7.41. The van der Waals surface area contributed by atoms with Crippen LogP contribution in [0.3, 0.4) is 0 Å². The van der Waals surface area contributed by atoms with Crippen LogP contribution in [0.2, 0.25) is 0 Å². The molecule has 10 heteroatoms. The summed E-state index contributed by atoms with van der Waals surface area (Å²) in [7, 11) is 0. The first kappa shape index (κ1) is 19.8. The molecule has 3 aromatic carbocycles. The minimum Gasteiger partial charge on any atom is -0.258 e. The van der Waals surface area contributed by atoms with E-state index >= 15 is 0 Å². The lowest BCUT2D eigenvalue weighted by molar-refractivity contribution is -0.655. The van der Waals surface area contributed by atoms with Gasteiger partial charge in [0.25, 0.3) is 17.1 Å². The van der Waals surface area contributed by atoms with Crippen molar-refractivity contribution in [2.24, 2.45) is 0 Å². The zero-order valence-corrected chi connectivity index (χ0v) is 16.2. The van der Waals surface area contributed by atoms with E-state index in [4.69, 9.17) is 0 Å². The molecule has 0 saturated heterocycles. The number of non-ortho nitro benzene ring substituents is 3. The summed E-state index contributed by atoms with van der Waals surface area (Å²) in [6, 6.07) is 14.8. The van der Waals surface area contributed by atoms with Gasteiger partial charge < -0.3 is 0 Å². The first-order valence-corrected chi connectivity index (χ1v) is 9.28. The summed E-state index contributed by atoms with van der Waals surface area (Å²) in [6.07, 6.45) is 0. The molecule has 0 radical (unpaired) electrons. The predicted octanol–water partition coefficient (Wildman–Crippen LogP) is 4.69. The summed E-state index contributed by atoms with van der Waals surface area (Å²) in [4.78, 5) is 32.3. The topological polar surface area (TPSA) is 133 Å². The van der Waals surface area contributed by atoms with Crippen LogP contribution in [0.4, 0.5) is 17.1 Å². The molecule has 0 saturated carbocycles. The highest BCUT2D eigenvalue weighted by atomic mass is 16.6. The number of aromatic nitrogens is 1. The maximum absolute atomic E-state index is 11.4. The molecule has 31 heavy (non-hydrogen) atoms. The van der Waals surface area contributed by atoms with Crippen LogP contribution < -0.4 is 4.57 Å². The number of nitrogens with zero attached hydrogens (tertiary/aromatic N) is 4. The first-order valence-electron chi connectivity index (χ1n) is 9.28. The van der Waals surface area contributed by atoms with Gasteiger partial charge in [-0.1, -0.05) is 0 Å². The molecule has 0 bridgehead atoms. The Labute approximate surface area is 174 Å². The smallest absolute Gasteiger partial charge is 0.258 e. The van der Waals surface area contributed by atoms with E-state index in [0.717, 1.165) is 0 Å². The number of hydrogen-bond acceptors (Lipinski definition) is 6. The van der Waals surface area contributed by atoms with Crippen molar-refractivity contribution in [3.63, 3.8) is 0 Å². The van der Waals surface area contributed by atoms with Gasteiger partial charge in [-0.05, 0) is 31.2 Å². The number of nitro groups is 3. The van der Waals surface area contributed by atoms with E-state index in [-0.39, 0.29) is 17.1 Å². The van der Waals surface area contributed by atoms with E-state index in [2.05, 4.69) is 0 Å². The monoisotopic (exact) mass is 419 g/mol. The average Bonchev–Trinajstić information content (AvgIpc) is 2.77.